The number of alkyl halides is 2. The fourth-order valence-electron chi connectivity index (χ4n) is 0.835. The highest BCUT2D eigenvalue weighted by atomic mass is 19.3. The number of halogens is 2. The molecular weight excluding hydrogens is 182 g/mol. The summed E-state index contributed by atoms with van der Waals surface area (Å²) in [6.07, 6.45) is -3.86. The average molecular weight is 192 g/mol. The molecule has 1 heterocycles. The van der Waals surface area contributed by atoms with E-state index in [0.29, 0.717) is 0 Å². The molecule has 74 valence electrons. The Morgan fingerprint density at radius 3 is 2.85 bits per heavy atom. The van der Waals surface area contributed by atoms with Crippen molar-refractivity contribution >= 4 is 0 Å². The van der Waals surface area contributed by atoms with Gasteiger partial charge in [-0.15, -0.1) is 0 Å². The number of hydrogen-bond donors (Lipinski definition) is 2. The number of H-pyrrole nitrogens is 1. The Kier molecular flexibility index (Phi) is 3.32. The highest BCUT2D eigenvalue weighted by molar-refractivity contribution is 5.10. The van der Waals surface area contributed by atoms with Crippen molar-refractivity contribution in [3.05, 3.63) is 17.5 Å². The summed E-state index contributed by atoms with van der Waals surface area (Å²) >= 11 is 0. The van der Waals surface area contributed by atoms with Crippen molar-refractivity contribution in [1.29, 1.82) is 0 Å². The van der Waals surface area contributed by atoms with E-state index in [9.17, 15) is 8.78 Å². The van der Waals surface area contributed by atoms with Gasteiger partial charge in [0.1, 0.15) is 11.4 Å². The van der Waals surface area contributed by atoms with Crippen LogP contribution in [0.25, 0.3) is 0 Å². The van der Waals surface area contributed by atoms with Crippen LogP contribution in [-0.2, 0) is 4.74 Å². The number of aromatic amines is 1. The van der Waals surface area contributed by atoms with Gasteiger partial charge in [0, 0.05) is 6.61 Å². The summed E-state index contributed by atoms with van der Waals surface area (Å²) in [6, 6.07) is 1.07. The molecule has 0 aliphatic heterocycles. The summed E-state index contributed by atoms with van der Waals surface area (Å²) in [7, 11) is 0. The zero-order valence-electron chi connectivity index (χ0n) is 7.00. The van der Waals surface area contributed by atoms with Crippen LogP contribution in [0.2, 0.25) is 0 Å². The third-order valence-electron chi connectivity index (χ3n) is 1.43. The van der Waals surface area contributed by atoms with E-state index in [1.807, 2.05) is 0 Å². The number of aromatic nitrogens is 2. The molecule has 0 saturated heterocycles. The first-order valence-electron chi connectivity index (χ1n) is 3.78. The molecule has 0 aliphatic rings. The SMILES string of the molecule is CCOC(O)c1cc(C(F)F)[nH]n1. The first-order valence-corrected chi connectivity index (χ1v) is 3.78. The lowest BCUT2D eigenvalue weighted by atomic mass is 10.3. The largest absolute Gasteiger partial charge is 0.363 e. The van der Waals surface area contributed by atoms with E-state index in [-0.39, 0.29) is 18.0 Å². The van der Waals surface area contributed by atoms with E-state index in [0.717, 1.165) is 6.07 Å². The Bertz CT molecular complexity index is 265. The van der Waals surface area contributed by atoms with E-state index in [2.05, 4.69) is 10.2 Å². The molecule has 0 radical (unpaired) electrons. The minimum Gasteiger partial charge on any atom is -0.363 e. The molecule has 0 fully saturated rings. The molecule has 6 heteroatoms. The maximum absolute atomic E-state index is 12.0. The zero-order valence-corrected chi connectivity index (χ0v) is 7.00. The lowest BCUT2D eigenvalue weighted by molar-refractivity contribution is -0.101. The van der Waals surface area contributed by atoms with E-state index >= 15 is 0 Å². The number of aliphatic hydroxyl groups excluding tert-OH is 1. The van der Waals surface area contributed by atoms with Gasteiger partial charge >= 0.3 is 0 Å². The Morgan fingerprint density at radius 2 is 2.38 bits per heavy atom. The third-order valence-corrected chi connectivity index (χ3v) is 1.43. The molecule has 0 saturated carbocycles. The molecule has 0 aliphatic carbocycles. The van der Waals surface area contributed by atoms with E-state index in [1.54, 1.807) is 6.92 Å². The van der Waals surface area contributed by atoms with Crippen molar-refractivity contribution < 1.29 is 18.6 Å². The number of ether oxygens (including phenoxy) is 1. The maximum atomic E-state index is 12.0. The lowest BCUT2D eigenvalue weighted by Crippen LogP contribution is -2.02. The van der Waals surface area contributed by atoms with Crippen molar-refractivity contribution in [2.24, 2.45) is 0 Å². The van der Waals surface area contributed by atoms with Crippen molar-refractivity contribution in [2.75, 3.05) is 6.61 Å². The van der Waals surface area contributed by atoms with Crippen molar-refractivity contribution in [3.8, 4) is 0 Å². The van der Waals surface area contributed by atoms with Crippen LogP contribution in [0.4, 0.5) is 8.78 Å². The number of nitrogens with zero attached hydrogens (tertiary/aromatic N) is 1. The van der Waals surface area contributed by atoms with Gasteiger partial charge in [0.25, 0.3) is 6.43 Å². The van der Waals surface area contributed by atoms with Gasteiger partial charge in [-0.3, -0.25) is 5.10 Å². The number of hydrogen-bond acceptors (Lipinski definition) is 3. The summed E-state index contributed by atoms with van der Waals surface area (Å²) in [6.45, 7) is 1.97. The summed E-state index contributed by atoms with van der Waals surface area (Å²) in [5, 5.41) is 14.7. The summed E-state index contributed by atoms with van der Waals surface area (Å²) in [5.41, 5.74) is -0.258. The van der Waals surface area contributed by atoms with Crippen LogP contribution < -0.4 is 0 Å². The van der Waals surface area contributed by atoms with Gasteiger partial charge in [0.2, 0.25) is 0 Å². The molecule has 1 unspecified atom stereocenters. The van der Waals surface area contributed by atoms with Crippen LogP contribution in [0, 0.1) is 0 Å². The van der Waals surface area contributed by atoms with Crippen molar-refractivity contribution in [2.45, 2.75) is 19.6 Å². The zero-order chi connectivity index (χ0) is 9.84. The topological polar surface area (TPSA) is 58.1 Å². The number of rotatable bonds is 4. The monoisotopic (exact) mass is 192 g/mol. The molecule has 13 heavy (non-hydrogen) atoms. The maximum Gasteiger partial charge on any atom is 0.279 e. The highest BCUT2D eigenvalue weighted by Crippen LogP contribution is 2.19. The van der Waals surface area contributed by atoms with Crippen molar-refractivity contribution in [3.63, 3.8) is 0 Å². The fourth-order valence-corrected chi connectivity index (χ4v) is 0.835. The second-order valence-electron chi connectivity index (χ2n) is 2.36. The second kappa shape index (κ2) is 4.29. The highest BCUT2D eigenvalue weighted by Gasteiger charge is 2.15. The molecular formula is C7H10F2N2O2. The number of nitrogens with one attached hydrogen (secondary N) is 1. The first-order chi connectivity index (χ1) is 6.15. The molecule has 0 bridgehead atoms. The lowest BCUT2D eigenvalue weighted by Gasteiger charge is -2.05. The van der Waals surface area contributed by atoms with Crippen LogP contribution >= 0.6 is 0 Å². The van der Waals surface area contributed by atoms with Crippen molar-refractivity contribution in [1.82, 2.24) is 10.2 Å². The van der Waals surface area contributed by atoms with Gasteiger partial charge in [0.05, 0.1) is 0 Å². The van der Waals surface area contributed by atoms with Crippen LogP contribution in [0.15, 0.2) is 6.07 Å². The van der Waals surface area contributed by atoms with E-state index in [1.165, 1.54) is 0 Å². The molecule has 4 nitrogen and oxygen atoms in total. The van der Waals surface area contributed by atoms with Gasteiger partial charge in [-0.1, -0.05) is 0 Å². The molecule has 0 spiro atoms. The molecule has 1 atom stereocenters. The fraction of sp³-hybridized carbons (Fsp3) is 0.571. The predicted molar refractivity (Wildman–Crippen MR) is 40.1 cm³/mol. The predicted octanol–water partition coefficient (Wildman–Crippen LogP) is 1.37. The molecule has 1 aromatic heterocycles. The van der Waals surface area contributed by atoms with Gasteiger partial charge in [-0.25, -0.2) is 8.78 Å². The second-order valence-corrected chi connectivity index (χ2v) is 2.36. The van der Waals surface area contributed by atoms with Crippen LogP contribution in [0.5, 0.6) is 0 Å². The molecule has 0 aromatic carbocycles. The van der Waals surface area contributed by atoms with Gasteiger partial charge in [-0.2, -0.15) is 5.10 Å². The van der Waals surface area contributed by atoms with Crippen LogP contribution in [0.3, 0.4) is 0 Å². The smallest absolute Gasteiger partial charge is 0.279 e. The van der Waals surface area contributed by atoms with Crippen LogP contribution in [0.1, 0.15) is 31.0 Å². The Balaban J connectivity index is 2.67. The molecule has 2 N–H and O–H groups in total. The van der Waals surface area contributed by atoms with Crippen LogP contribution in [-0.4, -0.2) is 21.9 Å². The minimum absolute atomic E-state index is 0.0668. The quantitative estimate of drug-likeness (QED) is 0.708. The summed E-state index contributed by atoms with van der Waals surface area (Å²) < 4.78 is 28.8. The van der Waals surface area contributed by atoms with Gasteiger partial charge in [-0.05, 0) is 13.0 Å². The van der Waals surface area contributed by atoms with Gasteiger partial charge in [0.15, 0.2) is 6.29 Å². The Labute approximate surface area is 73.5 Å². The molecule has 0 amide bonds. The molecule has 1 rings (SSSR count). The summed E-state index contributed by atoms with van der Waals surface area (Å²) in [5.74, 6) is 0. The molecule has 1 aromatic rings. The van der Waals surface area contributed by atoms with E-state index in [4.69, 9.17) is 9.84 Å². The minimum atomic E-state index is -2.62. The van der Waals surface area contributed by atoms with E-state index < -0.39 is 12.7 Å². The first kappa shape index (κ1) is 10.1. The standard InChI is InChI=1S/C7H10F2N2O2/c1-2-13-7(12)5-3-4(6(8)9)10-11-5/h3,6-7,12H,2H2,1H3,(H,10,11). The number of aliphatic hydroxyl groups is 1. The van der Waals surface area contributed by atoms with Gasteiger partial charge < -0.3 is 9.84 Å². The summed E-state index contributed by atoms with van der Waals surface area (Å²) in [4.78, 5) is 0. The normalized spacial score (nSPS) is 13.6. The Hall–Kier alpha value is -1.01. The Morgan fingerprint density at radius 1 is 1.69 bits per heavy atom. The third kappa shape index (κ3) is 2.46. The average Bonchev–Trinajstić information content (AvgIpc) is 2.52.